The van der Waals surface area contributed by atoms with Crippen LogP contribution in [0.3, 0.4) is 0 Å². The van der Waals surface area contributed by atoms with E-state index in [-0.39, 0.29) is 24.1 Å². The van der Waals surface area contributed by atoms with Crippen LogP contribution >= 0.6 is 11.3 Å². The number of hydrogen-bond donors (Lipinski definition) is 1. The maximum atomic E-state index is 13.0. The van der Waals surface area contributed by atoms with Gasteiger partial charge in [0.1, 0.15) is 0 Å². The Morgan fingerprint density at radius 3 is 2.25 bits per heavy atom. The Kier molecular flexibility index (Phi) is 7.14. The largest absolute Gasteiger partial charge is 0.416 e. The van der Waals surface area contributed by atoms with Crippen LogP contribution in [0.5, 0.6) is 0 Å². The molecule has 0 bridgehead atoms. The molecule has 1 heterocycles. The first-order valence-corrected chi connectivity index (χ1v) is 10.4. The normalized spacial score (nSPS) is 13.3. The highest BCUT2D eigenvalue weighted by atomic mass is 32.1. The zero-order valence-electron chi connectivity index (χ0n) is 16.8. The molecular formula is C22H19F6NO2S. The summed E-state index contributed by atoms with van der Waals surface area (Å²) >= 11 is 1.54. The summed E-state index contributed by atoms with van der Waals surface area (Å²) in [6, 6.07) is 8.52. The summed E-state index contributed by atoms with van der Waals surface area (Å²) in [5, 5.41) is 5.68. The van der Waals surface area contributed by atoms with Gasteiger partial charge in [-0.25, -0.2) is 0 Å². The number of carbonyl (C=O) groups excluding carboxylic acids is 1. The summed E-state index contributed by atoms with van der Waals surface area (Å²) in [6.07, 6.45) is -9.44. The lowest BCUT2D eigenvalue weighted by molar-refractivity contribution is -0.143. The number of alkyl halides is 6. The van der Waals surface area contributed by atoms with Crippen molar-refractivity contribution in [2.24, 2.45) is 0 Å². The first-order valence-electron chi connectivity index (χ1n) is 9.52. The summed E-state index contributed by atoms with van der Waals surface area (Å²) < 4.78 is 84.6. The molecule has 0 radical (unpaired) electrons. The van der Waals surface area contributed by atoms with Crippen LogP contribution < -0.4 is 5.32 Å². The van der Waals surface area contributed by atoms with Crippen molar-refractivity contribution < 1.29 is 35.9 Å². The second-order valence-corrected chi connectivity index (χ2v) is 8.20. The lowest BCUT2D eigenvalue weighted by Gasteiger charge is -2.19. The molecule has 0 aliphatic heterocycles. The van der Waals surface area contributed by atoms with Crippen molar-refractivity contribution in [2.75, 3.05) is 6.61 Å². The molecule has 3 nitrogen and oxygen atoms in total. The molecule has 172 valence electrons. The van der Waals surface area contributed by atoms with Crippen molar-refractivity contribution in [3.63, 3.8) is 0 Å². The Morgan fingerprint density at radius 1 is 1.03 bits per heavy atom. The number of hydrogen-bond acceptors (Lipinski definition) is 3. The van der Waals surface area contributed by atoms with Crippen molar-refractivity contribution >= 4 is 27.3 Å². The SMILES string of the molecule is CC(=O)NC(COCc1cc(C(F)(F)F)cc(C(F)(F)F)c1)Cc1csc2ccccc12. The van der Waals surface area contributed by atoms with Crippen molar-refractivity contribution in [1.82, 2.24) is 5.32 Å². The van der Waals surface area contributed by atoms with E-state index in [1.165, 1.54) is 18.3 Å². The lowest BCUT2D eigenvalue weighted by Crippen LogP contribution is -2.38. The highest BCUT2D eigenvalue weighted by Gasteiger charge is 2.36. The van der Waals surface area contributed by atoms with Gasteiger partial charge >= 0.3 is 12.4 Å². The van der Waals surface area contributed by atoms with Gasteiger partial charge in [-0.1, -0.05) is 18.2 Å². The van der Waals surface area contributed by atoms with Gasteiger partial charge in [-0.15, -0.1) is 11.3 Å². The van der Waals surface area contributed by atoms with E-state index in [9.17, 15) is 31.1 Å². The zero-order chi connectivity index (χ0) is 23.5. The number of amides is 1. The Balaban J connectivity index is 1.73. The molecule has 2 aromatic carbocycles. The van der Waals surface area contributed by atoms with Crippen molar-refractivity contribution in [1.29, 1.82) is 0 Å². The first-order chi connectivity index (χ1) is 14.9. The van der Waals surface area contributed by atoms with Gasteiger partial charge in [-0.05, 0) is 52.6 Å². The maximum absolute atomic E-state index is 13.0. The molecule has 0 aliphatic carbocycles. The predicted molar refractivity (Wildman–Crippen MR) is 109 cm³/mol. The van der Waals surface area contributed by atoms with Crippen LogP contribution in [0.4, 0.5) is 26.3 Å². The number of nitrogens with one attached hydrogen (secondary N) is 1. The molecule has 3 rings (SSSR count). The van der Waals surface area contributed by atoms with Gasteiger partial charge in [0.2, 0.25) is 5.91 Å². The topological polar surface area (TPSA) is 38.3 Å². The van der Waals surface area contributed by atoms with Crippen LogP contribution in [0.1, 0.15) is 29.2 Å². The minimum atomic E-state index is -4.92. The predicted octanol–water partition coefficient (Wildman–Crippen LogP) is 6.20. The smallest absolute Gasteiger partial charge is 0.375 e. The Labute approximate surface area is 184 Å². The molecule has 1 amide bonds. The van der Waals surface area contributed by atoms with E-state index in [0.717, 1.165) is 15.6 Å². The summed E-state index contributed by atoms with van der Waals surface area (Å²) in [4.78, 5) is 11.6. The molecule has 0 spiro atoms. The summed E-state index contributed by atoms with van der Waals surface area (Å²) in [5.41, 5.74) is -2.08. The third-order valence-corrected chi connectivity index (χ3v) is 5.68. The second kappa shape index (κ2) is 9.50. The van der Waals surface area contributed by atoms with E-state index in [1.54, 1.807) is 0 Å². The van der Waals surface area contributed by atoms with Crippen LogP contribution in [0.25, 0.3) is 10.1 Å². The van der Waals surface area contributed by atoms with Crippen molar-refractivity contribution in [2.45, 2.75) is 38.3 Å². The molecule has 1 aromatic heterocycles. The molecule has 0 fully saturated rings. The van der Waals surface area contributed by atoms with E-state index >= 15 is 0 Å². The fourth-order valence-corrected chi connectivity index (χ4v) is 4.29. The van der Waals surface area contributed by atoms with Crippen molar-refractivity contribution in [3.8, 4) is 0 Å². The van der Waals surface area contributed by atoms with Gasteiger partial charge in [-0.3, -0.25) is 4.79 Å². The highest BCUT2D eigenvalue weighted by molar-refractivity contribution is 7.17. The molecule has 1 unspecified atom stereocenters. The lowest BCUT2D eigenvalue weighted by atomic mass is 10.0. The second-order valence-electron chi connectivity index (χ2n) is 7.29. The van der Waals surface area contributed by atoms with Gasteiger partial charge in [0.05, 0.1) is 30.4 Å². The number of fused-ring (bicyclic) bond motifs is 1. The van der Waals surface area contributed by atoms with Crippen LogP contribution in [0.2, 0.25) is 0 Å². The third-order valence-electron chi connectivity index (χ3n) is 4.67. The Bertz CT molecular complexity index is 1060. The monoisotopic (exact) mass is 475 g/mol. The molecule has 1 atom stereocenters. The van der Waals surface area contributed by atoms with E-state index in [2.05, 4.69) is 5.32 Å². The van der Waals surface area contributed by atoms with Crippen LogP contribution in [-0.4, -0.2) is 18.6 Å². The Hall–Kier alpha value is -2.59. The Morgan fingerprint density at radius 2 is 1.66 bits per heavy atom. The molecule has 0 saturated carbocycles. The fourth-order valence-electron chi connectivity index (χ4n) is 3.32. The summed E-state index contributed by atoms with van der Waals surface area (Å²) in [5.74, 6) is -0.323. The van der Waals surface area contributed by atoms with Crippen LogP contribution in [-0.2, 0) is 34.9 Å². The third kappa shape index (κ3) is 6.23. The van der Waals surface area contributed by atoms with E-state index in [1.807, 2.05) is 29.6 Å². The van der Waals surface area contributed by atoms with Crippen LogP contribution in [0.15, 0.2) is 47.8 Å². The van der Waals surface area contributed by atoms with Crippen LogP contribution in [0, 0.1) is 0 Å². The van der Waals surface area contributed by atoms with Gasteiger partial charge < -0.3 is 10.1 Å². The van der Waals surface area contributed by atoms with E-state index in [0.29, 0.717) is 18.6 Å². The number of ether oxygens (including phenoxy) is 1. The van der Waals surface area contributed by atoms with Gasteiger partial charge in [-0.2, -0.15) is 26.3 Å². The summed E-state index contributed by atoms with van der Waals surface area (Å²) in [6.45, 7) is 0.774. The standard InChI is InChI=1S/C22H19F6NO2S/c1-13(30)29-18(8-15-12-32-20-5-3-2-4-19(15)20)11-31-10-14-6-16(21(23,24)25)9-17(7-14)22(26,27)28/h2-7,9,12,18H,8,10-11H2,1H3,(H,29,30). The van der Waals surface area contributed by atoms with E-state index < -0.39 is 36.1 Å². The number of benzene rings is 2. The van der Waals surface area contributed by atoms with Gasteiger partial charge in [0.25, 0.3) is 0 Å². The zero-order valence-corrected chi connectivity index (χ0v) is 17.6. The quantitative estimate of drug-likeness (QED) is 0.413. The summed E-state index contributed by atoms with van der Waals surface area (Å²) in [7, 11) is 0. The fraction of sp³-hybridized carbons (Fsp3) is 0.318. The molecule has 0 saturated heterocycles. The molecule has 3 aromatic rings. The molecule has 32 heavy (non-hydrogen) atoms. The minimum Gasteiger partial charge on any atom is -0.375 e. The number of carbonyl (C=O) groups is 1. The minimum absolute atomic E-state index is 0.0747. The van der Waals surface area contributed by atoms with Crippen molar-refractivity contribution in [3.05, 3.63) is 70.1 Å². The molecule has 0 aliphatic rings. The molecule has 1 N–H and O–H groups in total. The molecular weight excluding hydrogens is 456 g/mol. The number of halogens is 6. The molecule has 10 heteroatoms. The number of rotatable bonds is 7. The van der Waals surface area contributed by atoms with Gasteiger partial charge in [0.15, 0.2) is 0 Å². The first kappa shape index (κ1) is 24.1. The highest BCUT2D eigenvalue weighted by Crippen LogP contribution is 2.36. The average molecular weight is 475 g/mol. The number of thiophene rings is 1. The van der Waals surface area contributed by atoms with Gasteiger partial charge in [0, 0.05) is 11.6 Å². The average Bonchev–Trinajstić information content (AvgIpc) is 3.09. The maximum Gasteiger partial charge on any atom is 0.416 e. The van der Waals surface area contributed by atoms with E-state index in [4.69, 9.17) is 4.74 Å².